The van der Waals surface area contributed by atoms with Crippen molar-refractivity contribution in [3.63, 3.8) is 0 Å². The molecule has 0 bridgehead atoms. The van der Waals surface area contributed by atoms with E-state index < -0.39 is 28.9 Å². The zero-order chi connectivity index (χ0) is 13.7. The fraction of sp³-hybridized carbons (Fsp3) is 0.250. The van der Waals surface area contributed by atoms with Gasteiger partial charge in [0, 0.05) is 13.1 Å². The van der Waals surface area contributed by atoms with E-state index in [1.54, 1.807) is 0 Å². The quantitative estimate of drug-likeness (QED) is 0.646. The summed E-state index contributed by atoms with van der Waals surface area (Å²) in [6.07, 6.45) is 1.38. The number of nitrogens with zero attached hydrogens (tertiary/aromatic N) is 1. The van der Waals surface area contributed by atoms with Gasteiger partial charge in [-0.15, -0.1) is 6.58 Å². The second kappa shape index (κ2) is 6.20. The van der Waals surface area contributed by atoms with Gasteiger partial charge in [0.2, 0.25) is 0 Å². The highest BCUT2D eigenvalue weighted by Gasteiger charge is 2.22. The Morgan fingerprint density at radius 2 is 2.00 bits per heavy atom. The molecule has 18 heavy (non-hydrogen) atoms. The Bertz CT molecular complexity index is 463. The Labute approximate surface area is 102 Å². The van der Waals surface area contributed by atoms with E-state index in [0.29, 0.717) is 6.07 Å². The van der Waals surface area contributed by atoms with Crippen LogP contribution in [0.2, 0.25) is 0 Å². The van der Waals surface area contributed by atoms with Crippen LogP contribution in [0, 0.1) is 17.5 Å². The summed E-state index contributed by atoms with van der Waals surface area (Å²) in [4.78, 5) is 12.9. The number of amides is 1. The third kappa shape index (κ3) is 2.89. The van der Waals surface area contributed by atoms with Gasteiger partial charge in [-0.3, -0.25) is 4.79 Å². The van der Waals surface area contributed by atoms with Crippen LogP contribution in [0.4, 0.5) is 13.2 Å². The van der Waals surface area contributed by atoms with Crippen molar-refractivity contribution in [3.8, 4) is 0 Å². The molecule has 0 aromatic heterocycles. The second-order valence-electron chi connectivity index (χ2n) is 3.49. The fourth-order valence-electron chi connectivity index (χ4n) is 1.41. The Morgan fingerprint density at radius 3 is 2.56 bits per heavy atom. The molecular weight excluding hydrogens is 247 g/mol. The van der Waals surface area contributed by atoms with Crippen molar-refractivity contribution >= 4 is 5.91 Å². The van der Waals surface area contributed by atoms with Crippen molar-refractivity contribution in [3.05, 3.63) is 47.8 Å². The molecular formula is C12H12F3NO2. The highest BCUT2D eigenvalue weighted by Crippen LogP contribution is 2.16. The Morgan fingerprint density at radius 1 is 1.33 bits per heavy atom. The van der Waals surface area contributed by atoms with Crippen LogP contribution in [0.1, 0.15) is 10.4 Å². The molecule has 0 aliphatic rings. The third-order valence-electron chi connectivity index (χ3n) is 2.27. The zero-order valence-corrected chi connectivity index (χ0v) is 9.50. The van der Waals surface area contributed by atoms with Gasteiger partial charge >= 0.3 is 0 Å². The van der Waals surface area contributed by atoms with E-state index in [1.165, 1.54) is 6.08 Å². The Balaban J connectivity index is 3.08. The molecule has 1 N–H and O–H groups in total. The topological polar surface area (TPSA) is 40.5 Å². The average molecular weight is 259 g/mol. The number of aliphatic hydroxyl groups is 1. The largest absolute Gasteiger partial charge is 0.395 e. The van der Waals surface area contributed by atoms with Crippen LogP contribution in [0.3, 0.4) is 0 Å². The van der Waals surface area contributed by atoms with Gasteiger partial charge < -0.3 is 10.0 Å². The lowest BCUT2D eigenvalue weighted by molar-refractivity contribution is 0.0737. The van der Waals surface area contributed by atoms with Gasteiger partial charge in [-0.25, -0.2) is 13.2 Å². The SMILES string of the molecule is C=CCN(CCO)C(=O)c1ccc(F)c(F)c1F. The van der Waals surface area contributed by atoms with Gasteiger partial charge in [-0.2, -0.15) is 0 Å². The highest BCUT2D eigenvalue weighted by molar-refractivity contribution is 5.94. The van der Waals surface area contributed by atoms with Gasteiger partial charge in [0.05, 0.1) is 12.2 Å². The minimum absolute atomic E-state index is 0.0523. The highest BCUT2D eigenvalue weighted by atomic mass is 19.2. The minimum atomic E-state index is -1.69. The van der Waals surface area contributed by atoms with E-state index in [4.69, 9.17) is 5.11 Å². The van der Waals surface area contributed by atoms with Gasteiger partial charge in [0.25, 0.3) is 5.91 Å². The number of rotatable bonds is 5. The summed E-state index contributed by atoms with van der Waals surface area (Å²) in [7, 11) is 0. The van der Waals surface area contributed by atoms with Crippen molar-refractivity contribution in [2.75, 3.05) is 19.7 Å². The van der Waals surface area contributed by atoms with Crippen LogP contribution >= 0.6 is 0 Å². The number of hydrogen-bond acceptors (Lipinski definition) is 2. The molecule has 3 nitrogen and oxygen atoms in total. The Kier molecular flexibility index (Phi) is 4.91. The van der Waals surface area contributed by atoms with Crippen LogP contribution < -0.4 is 0 Å². The molecule has 0 saturated carbocycles. The van der Waals surface area contributed by atoms with Crippen molar-refractivity contribution in [2.24, 2.45) is 0 Å². The van der Waals surface area contributed by atoms with Crippen LogP contribution in [-0.4, -0.2) is 35.6 Å². The first-order valence-electron chi connectivity index (χ1n) is 5.17. The lowest BCUT2D eigenvalue weighted by Gasteiger charge is -2.20. The Hall–Kier alpha value is -1.82. The maximum atomic E-state index is 13.4. The maximum absolute atomic E-state index is 13.4. The summed E-state index contributed by atoms with van der Waals surface area (Å²) in [6, 6.07) is 1.54. The molecule has 1 aromatic rings. The van der Waals surface area contributed by atoms with Crippen molar-refractivity contribution < 1.29 is 23.1 Å². The molecule has 0 heterocycles. The normalized spacial score (nSPS) is 10.2. The van der Waals surface area contributed by atoms with E-state index >= 15 is 0 Å². The number of benzene rings is 1. The molecule has 1 rings (SSSR count). The second-order valence-corrected chi connectivity index (χ2v) is 3.49. The van der Waals surface area contributed by atoms with Crippen molar-refractivity contribution in [1.29, 1.82) is 0 Å². The molecule has 1 amide bonds. The number of carbonyl (C=O) groups is 1. The average Bonchev–Trinajstić information content (AvgIpc) is 2.35. The summed E-state index contributed by atoms with van der Waals surface area (Å²) in [6.45, 7) is 3.10. The summed E-state index contributed by atoms with van der Waals surface area (Å²) >= 11 is 0. The number of aliphatic hydroxyl groups excluding tert-OH is 1. The molecule has 0 saturated heterocycles. The molecule has 6 heteroatoms. The standard InChI is InChI=1S/C12H12F3NO2/c1-2-5-16(6-7-17)12(18)8-3-4-9(13)11(15)10(8)14/h2-4,17H,1,5-7H2. The van der Waals surface area contributed by atoms with E-state index in [1.807, 2.05) is 0 Å². The number of halogens is 3. The first-order valence-corrected chi connectivity index (χ1v) is 5.17. The fourth-order valence-corrected chi connectivity index (χ4v) is 1.41. The summed E-state index contributed by atoms with van der Waals surface area (Å²) < 4.78 is 39.1. The van der Waals surface area contributed by atoms with Gasteiger partial charge in [0.1, 0.15) is 0 Å². The lowest BCUT2D eigenvalue weighted by Crippen LogP contribution is -2.34. The van der Waals surface area contributed by atoms with E-state index in [2.05, 4.69) is 6.58 Å². The summed E-state index contributed by atoms with van der Waals surface area (Å²) in [5.74, 6) is -5.42. The molecule has 0 radical (unpaired) electrons. The summed E-state index contributed by atoms with van der Waals surface area (Å²) in [5, 5.41) is 8.77. The molecule has 1 aromatic carbocycles. The van der Waals surface area contributed by atoms with Crippen molar-refractivity contribution in [1.82, 2.24) is 4.90 Å². The third-order valence-corrected chi connectivity index (χ3v) is 2.27. The number of hydrogen-bond donors (Lipinski definition) is 1. The predicted molar refractivity (Wildman–Crippen MR) is 59.5 cm³/mol. The molecule has 98 valence electrons. The number of carbonyl (C=O) groups excluding carboxylic acids is 1. The van der Waals surface area contributed by atoms with Crippen LogP contribution in [0.5, 0.6) is 0 Å². The first kappa shape index (κ1) is 14.2. The molecule has 0 unspecified atom stereocenters. The molecule has 0 aliphatic carbocycles. The van der Waals surface area contributed by atoms with Gasteiger partial charge in [0.15, 0.2) is 17.5 Å². The minimum Gasteiger partial charge on any atom is -0.395 e. The molecule has 0 atom stereocenters. The van der Waals surface area contributed by atoms with Gasteiger partial charge in [-0.05, 0) is 12.1 Å². The molecule has 0 spiro atoms. The van der Waals surface area contributed by atoms with Crippen LogP contribution in [0.15, 0.2) is 24.8 Å². The predicted octanol–water partition coefficient (Wildman–Crippen LogP) is 1.72. The lowest BCUT2D eigenvalue weighted by atomic mass is 10.1. The molecule has 0 fully saturated rings. The van der Waals surface area contributed by atoms with E-state index in [0.717, 1.165) is 11.0 Å². The smallest absolute Gasteiger partial charge is 0.257 e. The van der Waals surface area contributed by atoms with Crippen molar-refractivity contribution in [2.45, 2.75) is 0 Å². The summed E-state index contributed by atoms with van der Waals surface area (Å²) in [5.41, 5.74) is -0.579. The van der Waals surface area contributed by atoms with E-state index in [-0.39, 0.29) is 19.7 Å². The maximum Gasteiger partial charge on any atom is 0.257 e. The molecule has 0 aliphatic heterocycles. The first-order chi connectivity index (χ1) is 8.52. The van der Waals surface area contributed by atoms with Gasteiger partial charge in [-0.1, -0.05) is 6.08 Å². The zero-order valence-electron chi connectivity index (χ0n) is 9.50. The van der Waals surface area contributed by atoms with E-state index in [9.17, 15) is 18.0 Å². The van der Waals surface area contributed by atoms with Crippen LogP contribution in [0.25, 0.3) is 0 Å². The van der Waals surface area contributed by atoms with Crippen LogP contribution in [-0.2, 0) is 0 Å². The monoisotopic (exact) mass is 259 g/mol.